The Balaban J connectivity index is 2.15. The fourth-order valence-corrected chi connectivity index (χ4v) is 3.40. The van der Waals surface area contributed by atoms with Crippen molar-refractivity contribution in [1.29, 1.82) is 0 Å². The summed E-state index contributed by atoms with van der Waals surface area (Å²) in [6, 6.07) is 13.2. The van der Waals surface area contributed by atoms with Crippen LogP contribution in [0.4, 0.5) is 10.1 Å². The number of halogens is 1. The highest BCUT2D eigenvalue weighted by atomic mass is 32.2. The number of carbonyl (C=O) groups is 1. The van der Waals surface area contributed by atoms with Crippen LogP contribution in [0.3, 0.4) is 0 Å². The Hall–Kier alpha value is -2.74. The Labute approximate surface area is 146 Å². The van der Waals surface area contributed by atoms with Gasteiger partial charge in [-0.25, -0.2) is 18.2 Å². The molecular formula is C17H18FN3O3S. The van der Waals surface area contributed by atoms with Gasteiger partial charge in [0.25, 0.3) is 5.91 Å². The summed E-state index contributed by atoms with van der Waals surface area (Å²) in [7, 11) is -3.69. The topological polar surface area (TPSA) is 78.8 Å². The number of amides is 1. The fourth-order valence-electron chi connectivity index (χ4n) is 2.22. The van der Waals surface area contributed by atoms with Gasteiger partial charge < -0.3 is 0 Å². The second-order valence-electron chi connectivity index (χ2n) is 5.33. The Morgan fingerprint density at radius 3 is 2.36 bits per heavy atom. The Bertz CT molecular complexity index is 870. The van der Waals surface area contributed by atoms with Gasteiger partial charge in [0.05, 0.1) is 18.2 Å². The number of nitrogens with one attached hydrogen (secondary N) is 1. The van der Waals surface area contributed by atoms with E-state index in [-0.39, 0.29) is 5.56 Å². The van der Waals surface area contributed by atoms with E-state index in [2.05, 4.69) is 10.5 Å². The van der Waals surface area contributed by atoms with E-state index in [1.807, 2.05) is 0 Å². The minimum absolute atomic E-state index is 0.207. The first-order valence-corrected chi connectivity index (χ1v) is 9.27. The number of sulfonamides is 1. The fraction of sp³-hybridized carbons (Fsp3) is 0.176. The monoisotopic (exact) mass is 363 g/mol. The third kappa shape index (κ3) is 4.87. The number of hydrogen-bond acceptors (Lipinski definition) is 4. The summed E-state index contributed by atoms with van der Waals surface area (Å²) in [6.45, 7) is 1.45. The molecule has 1 amide bonds. The van der Waals surface area contributed by atoms with Gasteiger partial charge in [-0.05, 0) is 25.1 Å². The van der Waals surface area contributed by atoms with Gasteiger partial charge >= 0.3 is 0 Å². The highest BCUT2D eigenvalue weighted by Gasteiger charge is 2.28. The molecule has 25 heavy (non-hydrogen) atoms. The molecule has 0 radical (unpaired) electrons. The van der Waals surface area contributed by atoms with Crippen molar-refractivity contribution in [2.45, 2.75) is 13.0 Å². The molecule has 0 heterocycles. The van der Waals surface area contributed by atoms with Gasteiger partial charge in [-0.15, -0.1) is 0 Å². The molecule has 6 nitrogen and oxygen atoms in total. The molecule has 0 aliphatic carbocycles. The SMILES string of the molecule is C[C@H](C(=O)NN=Cc1ccccc1F)N(c1ccccc1)S(C)(=O)=O. The summed E-state index contributed by atoms with van der Waals surface area (Å²) in [5.41, 5.74) is 2.81. The van der Waals surface area contributed by atoms with Gasteiger partial charge in [-0.2, -0.15) is 5.10 Å². The van der Waals surface area contributed by atoms with Crippen LogP contribution in [0.5, 0.6) is 0 Å². The summed E-state index contributed by atoms with van der Waals surface area (Å²) in [6.07, 6.45) is 2.18. The van der Waals surface area contributed by atoms with Crippen LogP contribution in [0.1, 0.15) is 12.5 Å². The van der Waals surface area contributed by atoms with Gasteiger partial charge in [0.15, 0.2) is 0 Å². The highest BCUT2D eigenvalue weighted by molar-refractivity contribution is 7.92. The van der Waals surface area contributed by atoms with Crippen molar-refractivity contribution in [3.63, 3.8) is 0 Å². The molecule has 2 aromatic rings. The minimum atomic E-state index is -3.69. The van der Waals surface area contributed by atoms with E-state index in [0.29, 0.717) is 5.69 Å². The van der Waals surface area contributed by atoms with E-state index in [1.54, 1.807) is 36.4 Å². The van der Waals surface area contributed by atoms with E-state index >= 15 is 0 Å². The van der Waals surface area contributed by atoms with Crippen LogP contribution in [0, 0.1) is 5.82 Å². The zero-order valence-electron chi connectivity index (χ0n) is 13.8. The van der Waals surface area contributed by atoms with Gasteiger partial charge in [0, 0.05) is 5.56 Å². The molecule has 0 saturated heterocycles. The number of anilines is 1. The van der Waals surface area contributed by atoms with Crippen molar-refractivity contribution >= 4 is 27.8 Å². The quantitative estimate of drug-likeness (QED) is 0.631. The Kier molecular flexibility index (Phi) is 5.87. The van der Waals surface area contributed by atoms with Gasteiger partial charge in [0.1, 0.15) is 11.9 Å². The molecule has 2 aromatic carbocycles. The molecule has 1 N–H and O–H groups in total. The number of benzene rings is 2. The number of carbonyl (C=O) groups excluding carboxylic acids is 1. The molecule has 0 aliphatic heterocycles. The predicted molar refractivity (Wildman–Crippen MR) is 95.4 cm³/mol. The molecule has 0 unspecified atom stereocenters. The zero-order chi connectivity index (χ0) is 18.4. The van der Waals surface area contributed by atoms with Crippen LogP contribution in [0.25, 0.3) is 0 Å². The number of rotatable bonds is 6. The van der Waals surface area contributed by atoms with Crippen LogP contribution in [-0.2, 0) is 14.8 Å². The lowest BCUT2D eigenvalue weighted by atomic mass is 10.2. The maximum Gasteiger partial charge on any atom is 0.263 e. The van der Waals surface area contributed by atoms with Crippen LogP contribution < -0.4 is 9.73 Å². The summed E-state index contributed by atoms with van der Waals surface area (Å²) >= 11 is 0. The lowest BCUT2D eigenvalue weighted by Gasteiger charge is -2.27. The number of para-hydroxylation sites is 1. The number of hydrogen-bond donors (Lipinski definition) is 1. The molecule has 1 atom stereocenters. The third-order valence-corrected chi connectivity index (χ3v) is 4.62. The maximum absolute atomic E-state index is 13.5. The standard InChI is InChI=1S/C17H18FN3O3S/c1-13(21(25(2,23)24)15-9-4-3-5-10-15)17(22)20-19-12-14-8-6-7-11-16(14)18/h3-13H,1-2H3,(H,20,22)/t13-/m1/s1. The van der Waals surface area contributed by atoms with Gasteiger partial charge in [-0.1, -0.05) is 36.4 Å². The van der Waals surface area contributed by atoms with Gasteiger partial charge in [0.2, 0.25) is 10.0 Å². The molecule has 0 saturated carbocycles. The van der Waals surface area contributed by atoms with Crippen LogP contribution in [-0.4, -0.2) is 32.8 Å². The molecule has 2 rings (SSSR count). The number of nitrogens with zero attached hydrogens (tertiary/aromatic N) is 2. The second kappa shape index (κ2) is 7.89. The first kappa shape index (κ1) is 18.6. The van der Waals surface area contributed by atoms with E-state index in [0.717, 1.165) is 16.8 Å². The maximum atomic E-state index is 13.5. The molecule has 0 fully saturated rings. The molecule has 0 aromatic heterocycles. The third-order valence-electron chi connectivity index (χ3n) is 3.38. The van der Waals surface area contributed by atoms with E-state index in [1.165, 1.54) is 25.1 Å². The molecule has 0 spiro atoms. The first-order chi connectivity index (χ1) is 11.8. The average molecular weight is 363 g/mol. The van der Waals surface area contributed by atoms with E-state index in [4.69, 9.17) is 0 Å². The molecule has 0 aliphatic rings. The normalized spacial score (nSPS) is 12.8. The molecule has 8 heteroatoms. The minimum Gasteiger partial charge on any atom is -0.271 e. The van der Waals surface area contributed by atoms with Crippen molar-refractivity contribution in [1.82, 2.24) is 5.43 Å². The van der Waals surface area contributed by atoms with Crippen LogP contribution in [0.2, 0.25) is 0 Å². The lowest BCUT2D eigenvalue weighted by molar-refractivity contribution is -0.121. The molecule has 0 bridgehead atoms. The van der Waals surface area contributed by atoms with E-state index in [9.17, 15) is 17.6 Å². The summed E-state index contributed by atoms with van der Waals surface area (Å²) < 4.78 is 38.6. The highest BCUT2D eigenvalue weighted by Crippen LogP contribution is 2.20. The van der Waals surface area contributed by atoms with Crippen molar-refractivity contribution in [3.05, 3.63) is 66.0 Å². The van der Waals surface area contributed by atoms with Crippen LogP contribution in [0.15, 0.2) is 59.7 Å². The summed E-state index contributed by atoms with van der Waals surface area (Å²) in [5, 5.41) is 3.70. The largest absolute Gasteiger partial charge is 0.271 e. The van der Waals surface area contributed by atoms with Crippen molar-refractivity contribution in [2.75, 3.05) is 10.6 Å². The predicted octanol–water partition coefficient (Wildman–Crippen LogP) is 2.13. The smallest absolute Gasteiger partial charge is 0.263 e. The lowest BCUT2D eigenvalue weighted by Crippen LogP contribution is -2.46. The Morgan fingerprint density at radius 2 is 1.76 bits per heavy atom. The summed E-state index contributed by atoms with van der Waals surface area (Å²) in [5.74, 6) is -1.11. The van der Waals surface area contributed by atoms with E-state index < -0.39 is 27.8 Å². The molecule has 132 valence electrons. The van der Waals surface area contributed by atoms with Crippen molar-refractivity contribution < 1.29 is 17.6 Å². The Morgan fingerprint density at radius 1 is 1.16 bits per heavy atom. The first-order valence-electron chi connectivity index (χ1n) is 7.42. The molecular weight excluding hydrogens is 345 g/mol. The number of hydrazone groups is 1. The van der Waals surface area contributed by atoms with Crippen molar-refractivity contribution in [2.24, 2.45) is 5.10 Å². The summed E-state index contributed by atoms with van der Waals surface area (Å²) in [4.78, 5) is 12.3. The zero-order valence-corrected chi connectivity index (χ0v) is 14.6. The second-order valence-corrected chi connectivity index (χ2v) is 7.19. The van der Waals surface area contributed by atoms with Crippen molar-refractivity contribution in [3.8, 4) is 0 Å². The van der Waals surface area contributed by atoms with Gasteiger partial charge in [-0.3, -0.25) is 9.10 Å². The average Bonchev–Trinajstić information content (AvgIpc) is 2.56. The van der Waals surface area contributed by atoms with Crippen LogP contribution >= 0.6 is 0 Å².